The van der Waals surface area contributed by atoms with Crippen molar-refractivity contribution in [3.63, 3.8) is 0 Å². The van der Waals surface area contributed by atoms with Crippen molar-refractivity contribution in [3.05, 3.63) is 47.8 Å². The Balaban J connectivity index is 1.47. The van der Waals surface area contributed by atoms with Gasteiger partial charge in [-0.05, 0) is 80.9 Å². The molecule has 2 N–H and O–H groups in total. The Hall–Kier alpha value is -2.70. The van der Waals surface area contributed by atoms with Crippen LogP contribution in [0.4, 0.5) is 0 Å². The number of likely N-dealkylation sites (tertiary alicyclic amines) is 1. The number of aromatic amines is 1. The largest absolute Gasteiger partial charge is 0.389 e. The van der Waals surface area contributed by atoms with E-state index in [1.807, 2.05) is 38.0 Å². The van der Waals surface area contributed by atoms with Gasteiger partial charge in [-0.1, -0.05) is 19.9 Å². The predicted molar refractivity (Wildman–Crippen MR) is 135 cm³/mol. The van der Waals surface area contributed by atoms with E-state index in [1.54, 1.807) is 0 Å². The quantitative estimate of drug-likeness (QED) is 0.443. The Morgan fingerprint density at radius 3 is 2.61 bits per heavy atom. The molecule has 4 heterocycles. The first-order valence-corrected chi connectivity index (χ1v) is 12.1. The molecule has 0 bridgehead atoms. The molecule has 6 nitrogen and oxygen atoms in total. The summed E-state index contributed by atoms with van der Waals surface area (Å²) in [4.78, 5) is 10.8. The Morgan fingerprint density at radius 2 is 1.91 bits per heavy atom. The zero-order valence-corrected chi connectivity index (χ0v) is 20.4. The Morgan fingerprint density at radius 1 is 1.15 bits per heavy atom. The average molecular weight is 446 g/mol. The summed E-state index contributed by atoms with van der Waals surface area (Å²) in [5.41, 5.74) is 6.51. The molecule has 174 valence electrons. The summed E-state index contributed by atoms with van der Waals surface area (Å²) >= 11 is 0. The fourth-order valence-electron chi connectivity index (χ4n) is 5.46. The van der Waals surface area contributed by atoms with E-state index >= 15 is 0 Å². The fraction of sp³-hybridized carbons (Fsp3) is 0.481. The third-order valence-corrected chi connectivity index (χ3v) is 6.97. The minimum absolute atomic E-state index is 0.391. The number of hydrogen-bond acceptors (Lipinski definition) is 4. The molecule has 4 aromatic rings. The highest BCUT2D eigenvalue weighted by Crippen LogP contribution is 2.38. The highest BCUT2D eigenvalue weighted by molar-refractivity contribution is 5.93. The number of fused-ring (bicyclic) bond motifs is 2. The third-order valence-electron chi connectivity index (χ3n) is 6.97. The maximum atomic E-state index is 10.2. The van der Waals surface area contributed by atoms with Crippen LogP contribution < -0.4 is 0 Å². The van der Waals surface area contributed by atoms with Crippen LogP contribution >= 0.6 is 0 Å². The molecule has 0 saturated carbocycles. The molecule has 1 aromatic carbocycles. The van der Waals surface area contributed by atoms with Crippen LogP contribution in [0.1, 0.15) is 63.5 Å². The number of piperidine rings is 1. The zero-order chi connectivity index (χ0) is 23.3. The zero-order valence-electron chi connectivity index (χ0n) is 20.4. The van der Waals surface area contributed by atoms with Crippen LogP contribution in [-0.4, -0.2) is 55.0 Å². The van der Waals surface area contributed by atoms with Gasteiger partial charge in [-0.15, -0.1) is 0 Å². The number of nitrogens with zero attached hydrogens (tertiary/aromatic N) is 4. The number of hydrogen-bond donors (Lipinski definition) is 2. The maximum Gasteiger partial charge on any atom is 0.157 e. The molecule has 0 radical (unpaired) electrons. The highest BCUT2D eigenvalue weighted by atomic mass is 16.3. The maximum absolute atomic E-state index is 10.2. The molecule has 5 rings (SSSR count). The van der Waals surface area contributed by atoms with E-state index in [0.717, 1.165) is 54.8 Å². The molecular weight excluding hydrogens is 410 g/mol. The second-order valence-corrected chi connectivity index (χ2v) is 10.6. The second kappa shape index (κ2) is 8.26. The van der Waals surface area contributed by atoms with Gasteiger partial charge in [-0.25, -0.2) is 4.98 Å². The first-order chi connectivity index (χ1) is 15.7. The number of pyridine rings is 1. The smallest absolute Gasteiger partial charge is 0.157 e. The normalized spacial score (nSPS) is 16.5. The van der Waals surface area contributed by atoms with Gasteiger partial charge in [-0.2, -0.15) is 5.10 Å². The lowest BCUT2D eigenvalue weighted by molar-refractivity contribution is 0.0282. The van der Waals surface area contributed by atoms with Crippen LogP contribution in [0.2, 0.25) is 0 Å². The van der Waals surface area contributed by atoms with E-state index in [-0.39, 0.29) is 0 Å². The molecule has 3 aromatic heterocycles. The lowest BCUT2D eigenvalue weighted by atomic mass is 9.87. The molecule has 6 heteroatoms. The third kappa shape index (κ3) is 4.30. The molecule has 1 aliphatic heterocycles. The monoisotopic (exact) mass is 445 g/mol. The van der Waals surface area contributed by atoms with E-state index < -0.39 is 5.60 Å². The van der Waals surface area contributed by atoms with Crippen molar-refractivity contribution in [2.75, 3.05) is 19.6 Å². The number of aliphatic hydroxyl groups is 1. The van der Waals surface area contributed by atoms with Crippen LogP contribution in [0.5, 0.6) is 0 Å². The average Bonchev–Trinajstić information content (AvgIpc) is 3.33. The molecular formula is C27H35N5O. The van der Waals surface area contributed by atoms with Crippen molar-refractivity contribution in [2.24, 2.45) is 7.05 Å². The standard InChI is InChI=1S/C27H35N5O/c1-17(2)24-22-13-19(18-8-10-32(11-9-18)16-27(3,4)33)6-7-23(22)30-25(24)20-12-21-15-29-31(5)26(21)28-14-20/h6-7,12-15,17-18,30,33H,8-11,16H2,1-5H3. The van der Waals surface area contributed by atoms with Crippen molar-refractivity contribution in [3.8, 4) is 11.3 Å². The number of nitrogens with one attached hydrogen (secondary N) is 1. The van der Waals surface area contributed by atoms with Gasteiger partial charge in [0.05, 0.1) is 17.5 Å². The number of aryl methyl sites for hydroxylation is 1. The number of aromatic nitrogens is 4. The second-order valence-electron chi connectivity index (χ2n) is 10.6. The summed E-state index contributed by atoms with van der Waals surface area (Å²) in [5.74, 6) is 0.960. The fourth-order valence-corrected chi connectivity index (χ4v) is 5.46. The molecule has 0 aliphatic carbocycles. The summed E-state index contributed by atoms with van der Waals surface area (Å²) in [7, 11) is 1.92. The molecule has 0 unspecified atom stereocenters. The molecule has 0 atom stereocenters. The van der Waals surface area contributed by atoms with Crippen LogP contribution in [0.15, 0.2) is 36.7 Å². The SMILES string of the molecule is CC(C)c1c(-c2cnc3c(cnn3C)c2)[nH]c2ccc(C3CCN(CC(C)(C)O)CC3)cc12. The van der Waals surface area contributed by atoms with E-state index in [9.17, 15) is 5.11 Å². The Labute approximate surface area is 195 Å². The van der Waals surface area contributed by atoms with Gasteiger partial charge < -0.3 is 15.0 Å². The Bertz CT molecular complexity index is 1290. The van der Waals surface area contributed by atoms with Gasteiger partial charge in [0, 0.05) is 41.6 Å². The summed E-state index contributed by atoms with van der Waals surface area (Å²) in [6, 6.07) is 9.15. The van der Waals surface area contributed by atoms with Crippen LogP contribution in [0.3, 0.4) is 0 Å². The molecule has 0 amide bonds. The van der Waals surface area contributed by atoms with Crippen molar-refractivity contribution < 1.29 is 5.11 Å². The van der Waals surface area contributed by atoms with Gasteiger partial charge in [0.25, 0.3) is 0 Å². The van der Waals surface area contributed by atoms with Crippen LogP contribution in [0.25, 0.3) is 33.2 Å². The highest BCUT2D eigenvalue weighted by Gasteiger charge is 2.26. The first kappa shape index (κ1) is 22.1. The van der Waals surface area contributed by atoms with Crippen LogP contribution in [-0.2, 0) is 7.05 Å². The van der Waals surface area contributed by atoms with Gasteiger partial charge in [0.2, 0.25) is 0 Å². The van der Waals surface area contributed by atoms with Gasteiger partial charge in [0.1, 0.15) is 0 Å². The lowest BCUT2D eigenvalue weighted by Gasteiger charge is -2.35. The minimum Gasteiger partial charge on any atom is -0.389 e. The number of benzene rings is 1. The number of rotatable bonds is 5. The summed E-state index contributed by atoms with van der Waals surface area (Å²) in [6.07, 6.45) is 6.11. The van der Waals surface area contributed by atoms with E-state index in [2.05, 4.69) is 58.1 Å². The molecule has 1 aliphatic rings. The summed E-state index contributed by atoms with van der Waals surface area (Å²) in [5, 5.41) is 16.9. The van der Waals surface area contributed by atoms with E-state index in [4.69, 9.17) is 0 Å². The molecule has 0 spiro atoms. The van der Waals surface area contributed by atoms with Crippen molar-refractivity contribution >= 4 is 21.9 Å². The molecule has 1 fully saturated rings. The lowest BCUT2D eigenvalue weighted by Crippen LogP contribution is -2.42. The minimum atomic E-state index is -0.632. The first-order valence-electron chi connectivity index (χ1n) is 12.1. The summed E-state index contributed by atoms with van der Waals surface area (Å²) < 4.78 is 1.81. The van der Waals surface area contributed by atoms with E-state index in [0.29, 0.717) is 11.8 Å². The van der Waals surface area contributed by atoms with Gasteiger partial charge in [-0.3, -0.25) is 4.68 Å². The number of H-pyrrole nitrogens is 1. The van der Waals surface area contributed by atoms with Crippen molar-refractivity contribution in [1.82, 2.24) is 24.6 Å². The summed E-state index contributed by atoms with van der Waals surface area (Å²) in [6.45, 7) is 11.1. The van der Waals surface area contributed by atoms with E-state index in [1.165, 1.54) is 22.0 Å². The molecule has 1 saturated heterocycles. The topological polar surface area (TPSA) is 70.0 Å². The Kier molecular flexibility index (Phi) is 5.53. The molecule has 33 heavy (non-hydrogen) atoms. The van der Waals surface area contributed by atoms with Crippen molar-refractivity contribution in [2.45, 2.75) is 58.0 Å². The van der Waals surface area contributed by atoms with Gasteiger partial charge in [0.15, 0.2) is 5.65 Å². The number of β-amino-alcohol motifs (C(OH)–C–C–N with tert-alkyl or cyclic N) is 1. The predicted octanol–water partition coefficient (Wildman–Crippen LogP) is 5.19. The van der Waals surface area contributed by atoms with Crippen LogP contribution in [0, 0.1) is 0 Å². The van der Waals surface area contributed by atoms with Gasteiger partial charge >= 0.3 is 0 Å². The van der Waals surface area contributed by atoms with Crippen molar-refractivity contribution in [1.29, 1.82) is 0 Å².